The van der Waals surface area contributed by atoms with Gasteiger partial charge in [0, 0.05) is 18.2 Å². The van der Waals surface area contributed by atoms with Gasteiger partial charge in [-0.25, -0.2) is 14.4 Å². The second-order valence-corrected chi connectivity index (χ2v) is 7.51. The summed E-state index contributed by atoms with van der Waals surface area (Å²) in [6, 6.07) is 17.3. The summed E-state index contributed by atoms with van der Waals surface area (Å²) in [5.41, 5.74) is 0.338. The smallest absolute Gasteiger partial charge is 0.343 e. The Bertz CT molecular complexity index is 1250. The molecule has 10 heteroatoms. The molecule has 0 aliphatic heterocycles. The number of carbonyl (C=O) groups is 3. The molecule has 10 nitrogen and oxygen atoms in total. The van der Waals surface area contributed by atoms with E-state index >= 15 is 0 Å². The van der Waals surface area contributed by atoms with Crippen LogP contribution in [0, 0.1) is 10.1 Å². The summed E-state index contributed by atoms with van der Waals surface area (Å²) in [6.45, 7) is 4.04. The van der Waals surface area contributed by atoms with Crippen molar-refractivity contribution >= 4 is 23.6 Å². The van der Waals surface area contributed by atoms with Crippen LogP contribution in [0.25, 0.3) is 0 Å². The zero-order valence-electron chi connectivity index (χ0n) is 19.7. The molecule has 3 aromatic rings. The summed E-state index contributed by atoms with van der Waals surface area (Å²) in [5, 5.41) is 10.7. The van der Waals surface area contributed by atoms with Crippen molar-refractivity contribution in [3.05, 3.63) is 107 Å². The van der Waals surface area contributed by atoms with Gasteiger partial charge in [0.2, 0.25) is 0 Å². The highest BCUT2D eigenvalue weighted by Crippen LogP contribution is 2.21. The van der Waals surface area contributed by atoms with Gasteiger partial charge >= 0.3 is 17.9 Å². The molecule has 190 valence electrons. The second kappa shape index (κ2) is 13.2. The molecule has 0 N–H and O–H groups in total. The first kappa shape index (κ1) is 26.6. The lowest BCUT2D eigenvalue weighted by Gasteiger charge is -2.08. The zero-order valence-corrected chi connectivity index (χ0v) is 19.7. The first-order valence-electron chi connectivity index (χ1n) is 11.2. The lowest BCUT2D eigenvalue weighted by Crippen LogP contribution is -2.10. The number of unbranched alkanes of at least 4 members (excludes halogenated alkanes) is 1. The minimum Gasteiger partial charge on any atom is -0.494 e. The first-order chi connectivity index (χ1) is 17.9. The fraction of sp³-hybridized carbons (Fsp3) is 0.148. The van der Waals surface area contributed by atoms with Gasteiger partial charge in [0.15, 0.2) is 0 Å². The molecule has 37 heavy (non-hydrogen) atoms. The van der Waals surface area contributed by atoms with Crippen molar-refractivity contribution in [2.45, 2.75) is 12.8 Å². The van der Waals surface area contributed by atoms with Crippen molar-refractivity contribution in [1.29, 1.82) is 0 Å². The third-order valence-electron chi connectivity index (χ3n) is 4.87. The van der Waals surface area contributed by atoms with Crippen molar-refractivity contribution in [1.82, 2.24) is 0 Å². The minimum atomic E-state index is -0.682. The molecule has 3 aromatic carbocycles. The zero-order chi connectivity index (χ0) is 26.6. The maximum absolute atomic E-state index is 12.4. The molecule has 0 unspecified atom stereocenters. The number of rotatable bonds is 12. The van der Waals surface area contributed by atoms with Gasteiger partial charge < -0.3 is 18.9 Å². The average Bonchev–Trinajstić information content (AvgIpc) is 2.91. The van der Waals surface area contributed by atoms with E-state index in [0.29, 0.717) is 37.4 Å². The molecule has 0 saturated carbocycles. The molecular formula is C27H23NO9. The molecule has 0 aliphatic carbocycles. The molecule has 0 fully saturated rings. The van der Waals surface area contributed by atoms with E-state index in [1.807, 2.05) is 0 Å². The third kappa shape index (κ3) is 8.32. The lowest BCUT2D eigenvalue weighted by atomic mass is 10.2. The molecule has 0 heterocycles. The predicted molar refractivity (Wildman–Crippen MR) is 132 cm³/mol. The summed E-state index contributed by atoms with van der Waals surface area (Å²) in [7, 11) is 0. The topological polar surface area (TPSA) is 131 Å². The Morgan fingerprint density at radius 1 is 0.730 bits per heavy atom. The van der Waals surface area contributed by atoms with Crippen molar-refractivity contribution in [2.75, 3.05) is 13.2 Å². The summed E-state index contributed by atoms with van der Waals surface area (Å²) in [6.07, 6.45) is 2.45. The van der Waals surface area contributed by atoms with Crippen molar-refractivity contribution in [2.24, 2.45) is 0 Å². The highest BCUT2D eigenvalue weighted by atomic mass is 16.6. The number of hydrogen-bond acceptors (Lipinski definition) is 9. The van der Waals surface area contributed by atoms with Crippen LogP contribution in [0.5, 0.6) is 17.2 Å². The Kier molecular flexibility index (Phi) is 9.49. The summed E-state index contributed by atoms with van der Waals surface area (Å²) >= 11 is 0. The number of nitrogens with zero attached hydrogens (tertiary/aromatic N) is 1. The highest BCUT2D eigenvalue weighted by Gasteiger charge is 2.13. The monoisotopic (exact) mass is 505 g/mol. The highest BCUT2D eigenvalue weighted by molar-refractivity contribution is 5.92. The number of carbonyl (C=O) groups excluding carboxylic acids is 3. The van der Waals surface area contributed by atoms with E-state index in [-0.39, 0.29) is 22.7 Å². The average molecular weight is 505 g/mol. The molecule has 0 bridgehead atoms. The SMILES string of the molecule is C=CC(=O)OCCCCOc1ccc(C(=O)Oc2ccc(OC(=O)c3ccc([N+](=O)[O-])cc3)cc2)cc1. The predicted octanol–water partition coefficient (Wildman–Crippen LogP) is 4.92. The van der Waals surface area contributed by atoms with Crippen molar-refractivity contribution in [3.63, 3.8) is 0 Å². The number of nitro benzene ring substituents is 1. The Morgan fingerprint density at radius 2 is 1.19 bits per heavy atom. The summed E-state index contributed by atoms with van der Waals surface area (Å²) in [5.74, 6) is -0.674. The van der Waals surface area contributed by atoms with Crippen LogP contribution in [0.2, 0.25) is 0 Å². The Labute approximate surface area is 212 Å². The van der Waals surface area contributed by atoms with E-state index in [0.717, 1.165) is 6.08 Å². The van der Waals surface area contributed by atoms with E-state index in [4.69, 9.17) is 18.9 Å². The van der Waals surface area contributed by atoms with Gasteiger partial charge in [-0.3, -0.25) is 10.1 Å². The van der Waals surface area contributed by atoms with Gasteiger partial charge in [0.05, 0.1) is 29.3 Å². The standard InChI is InChI=1S/C27H23NO9/c1-2-25(29)35-18-4-3-17-34-22-11-7-20(8-12-22)27(31)37-24-15-13-23(14-16-24)36-26(30)19-5-9-21(10-6-19)28(32)33/h2,5-16H,1,3-4,17-18H2. The quantitative estimate of drug-likeness (QED) is 0.0840. The second-order valence-electron chi connectivity index (χ2n) is 7.51. The number of benzene rings is 3. The normalized spacial score (nSPS) is 10.2. The van der Waals surface area contributed by atoms with Crippen LogP contribution in [-0.2, 0) is 9.53 Å². The number of hydrogen-bond donors (Lipinski definition) is 0. The van der Waals surface area contributed by atoms with E-state index in [1.165, 1.54) is 48.5 Å². The van der Waals surface area contributed by atoms with Crippen LogP contribution in [0.3, 0.4) is 0 Å². The van der Waals surface area contributed by atoms with Crippen molar-refractivity contribution < 1.29 is 38.3 Å². The Morgan fingerprint density at radius 3 is 1.68 bits per heavy atom. The minimum absolute atomic E-state index is 0.134. The van der Waals surface area contributed by atoms with Gasteiger partial charge in [-0.15, -0.1) is 0 Å². The van der Waals surface area contributed by atoms with Crippen molar-refractivity contribution in [3.8, 4) is 17.2 Å². The number of esters is 3. The summed E-state index contributed by atoms with van der Waals surface area (Å²) in [4.78, 5) is 45.7. The van der Waals surface area contributed by atoms with E-state index in [9.17, 15) is 24.5 Å². The molecular weight excluding hydrogens is 482 g/mol. The maximum atomic E-state index is 12.4. The van der Waals surface area contributed by atoms with Crippen LogP contribution >= 0.6 is 0 Å². The molecule has 0 radical (unpaired) electrons. The third-order valence-corrected chi connectivity index (χ3v) is 4.87. The van der Waals surface area contributed by atoms with Gasteiger partial charge in [0.1, 0.15) is 17.2 Å². The molecule has 0 aromatic heterocycles. The Hall–Kier alpha value is -4.99. The van der Waals surface area contributed by atoms with Crippen LogP contribution in [0.1, 0.15) is 33.6 Å². The molecule has 0 atom stereocenters. The largest absolute Gasteiger partial charge is 0.494 e. The van der Waals surface area contributed by atoms with Gasteiger partial charge in [-0.2, -0.15) is 0 Å². The molecule has 3 rings (SSSR count). The van der Waals surface area contributed by atoms with E-state index < -0.39 is 22.8 Å². The number of ether oxygens (including phenoxy) is 4. The Balaban J connectivity index is 1.44. The van der Waals surface area contributed by atoms with Crippen LogP contribution in [-0.4, -0.2) is 36.0 Å². The lowest BCUT2D eigenvalue weighted by molar-refractivity contribution is -0.384. The van der Waals surface area contributed by atoms with Crippen LogP contribution < -0.4 is 14.2 Å². The first-order valence-corrected chi connectivity index (χ1v) is 11.2. The molecule has 0 spiro atoms. The van der Waals surface area contributed by atoms with E-state index in [2.05, 4.69) is 6.58 Å². The molecule has 0 amide bonds. The number of non-ortho nitro benzene ring substituents is 1. The molecule has 0 saturated heterocycles. The maximum Gasteiger partial charge on any atom is 0.343 e. The molecule has 0 aliphatic rings. The number of nitro groups is 1. The fourth-order valence-corrected chi connectivity index (χ4v) is 2.94. The fourth-order valence-electron chi connectivity index (χ4n) is 2.94. The van der Waals surface area contributed by atoms with Gasteiger partial charge in [-0.05, 0) is 73.5 Å². The van der Waals surface area contributed by atoms with E-state index in [1.54, 1.807) is 24.3 Å². The van der Waals surface area contributed by atoms with Gasteiger partial charge in [-0.1, -0.05) is 6.58 Å². The van der Waals surface area contributed by atoms with Crippen LogP contribution in [0.15, 0.2) is 85.5 Å². The van der Waals surface area contributed by atoms with Crippen LogP contribution in [0.4, 0.5) is 5.69 Å². The van der Waals surface area contributed by atoms with Gasteiger partial charge in [0.25, 0.3) is 5.69 Å². The summed E-state index contributed by atoms with van der Waals surface area (Å²) < 4.78 is 21.1.